The second-order valence-corrected chi connectivity index (χ2v) is 5.88. The van der Waals surface area contributed by atoms with Crippen LogP contribution in [0.1, 0.15) is 40.0 Å². The lowest BCUT2D eigenvalue weighted by molar-refractivity contribution is 0.312. The third-order valence-electron chi connectivity index (χ3n) is 1.66. The third kappa shape index (κ3) is 4.95. The first-order valence-corrected chi connectivity index (χ1v) is 6.90. The summed E-state index contributed by atoms with van der Waals surface area (Å²) in [4.78, 5) is 0. The monoisotopic (exact) mass is 192 g/mol. The minimum Gasteiger partial charge on any atom is -0.328 e. The highest BCUT2D eigenvalue weighted by atomic mass is 31.2. The molecule has 0 heterocycles. The van der Waals surface area contributed by atoms with Gasteiger partial charge in [0.15, 0.2) is 0 Å². The lowest BCUT2D eigenvalue weighted by Gasteiger charge is -2.16. The Labute approximate surface area is 76.1 Å². The van der Waals surface area contributed by atoms with E-state index in [1.807, 2.05) is 6.92 Å². The topological polar surface area (TPSA) is 26.3 Å². The van der Waals surface area contributed by atoms with Crippen LogP contribution in [0.15, 0.2) is 0 Å². The molecular weight excluding hydrogens is 171 g/mol. The fourth-order valence-electron chi connectivity index (χ4n) is 1.18. The van der Waals surface area contributed by atoms with E-state index in [2.05, 4.69) is 13.8 Å². The molecule has 0 amide bonds. The fourth-order valence-corrected chi connectivity index (χ4v) is 3.54. The average molecular weight is 192 g/mol. The summed E-state index contributed by atoms with van der Waals surface area (Å²) < 4.78 is 17.4. The lowest BCUT2D eigenvalue weighted by atomic mass is 10.5. The van der Waals surface area contributed by atoms with Crippen molar-refractivity contribution in [3.63, 3.8) is 0 Å². The van der Waals surface area contributed by atoms with Crippen molar-refractivity contribution >= 4 is 7.37 Å². The van der Waals surface area contributed by atoms with Gasteiger partial charge in [-0.2, -0.15) is 0 Å². The van der Waals surface area contributed by atoms with Crippen LogP contribution in [0, 0.1) is 0 Å². The zero-order valence-corrected chi connectivity index (χ0v) is 9.40. The van der Waals surface area contributed by atoms with E-state index in [-0.39, 0.29) is 0 Å². The van der Waals surface area contributed by atoms with Crippen LogP contribution in [0.3, 0.4) is 0 Å². The Morgan fingerprint density at radius 1 is 1.00 bits per heavy atom. The molecule has 0 aromatic heterocycles. The molecule has 0 saturated carbocycles. The SMILES string of the molecule is CCCOP(=O)(CCC)CCC. The molecule has 0 atom stereocenters. The van der Waals surface area contributed by atoms with Crippen molar-refractivity contribution in [3.8, 4) is 0 Å². The zero-order chi connectivity index (χ0) is 9.45. The van der Waals surface area contributed by atoms with Gasteiger partial charge >= 0.3 is 0 Å². The predicted octanol–water partition coefficient (Wildman–Crippen LogP) is 3.51. The first-order chi connectivity index (χ1) is 5.68. The molecule has 3 heteroatoms. The highest BCUT2D eigenvalue weighted by molar-refractivity contribution is 7.58. The Bertz CT molecular complexity index is 135. The van der Waals surface area contributed by atoms with Crippen molar-refractivity contribution in [3.05, 3.63) is 0 Å². The molecule has 74 valence electrons. The van der Waals surface area contributed by atoms with Crippen LogP contribution in [0.2, 0.25) is 0 Å². The maximum absolute atomic E-state index is 11.9. The third-order valence-corrected chi connectivity index (χ3v) is 4.57. The van der Waals surface area contributed by atoms with Crippen LogP contribution < -0.4 is 0 Å². The van der Waals surface area contributed by atoms with E-state index in [9.17, 15) is 4.57 Å². The van der Waals surface area contributed by atoms with Gasteiger partial charge in [0.05, 0.1) is 6.61 Å². The van der Waals surface area contributed by atoms with Gasteiger partial charge in [-0.25, -0.2) is 0 Å². The molecule has 0 N–H and O–H groups in total. The van der Waals surface area contributed by atoms with Crippen molar-refractivity contribution in [1.29, 1.82) is 0 Å². The zero-order valence-electron chi connectivity index (χ0n) is 8.51. The van der Waals surface area contributed by atoms with Gasteiger partial charge in [-0.05, 0) is 19.3 Å². The maximum Gasteiger partial charge on any atom is 0.203 e. The molecule has 0 bridgehead atoms. The Morgan fingerprint density at radius 3 is 1.83 bits per heavy atom. The average Bonchev–Trinajstić information content (AvgIpc) is 2.02. The van der Waals surface area contributed by atoms with E-state index in [4.69, 9.17) is 4.52 Å². The summed E-state index contributed by atoms with van der Waals surface area (Å²) in [6.45, 7) is 6.80. The van der Waals surface area contributed by atoms with E-state index < -0.39 is 7.37 Å². The molecule has 0 unspecified atom stereocenters. The molecule has 0 spiro atoms. The van der Waals surface area contributed by atoms with Gasteiger partial charge in [-0.15, -0.1) is 0 Å². The molecular formula is C9H21O2P. The summed E-state index contributed by atoms with van der Waals surface area (Å²) >= 11 is 0. The second kappa shape index (κ2) is 6.68. The quantitative estimate of drug-likeness (QED) is 0.577. The fraction of sp³-hybridized carbons (Fsp3) is 1.00. The smallest absolute Gasteiger partial charge is 0.203 e. The molecule has 0 rings (SSSR count). The first-order valence-electron chi connectivity index (χ1n) is 4.91. The van der Waals surface area contributed by atoms with E-state index in [1.165, 1.54) is 0 Å². The van der Waals surface area contributed by atoms with Crippen molar-refractivity contribution in [2.45, 2.75) is 40.0 Å². The number of hydrogen-bond donors (Lipinski definition) is 0. The van der Waals surface area contributed by atoms with E-state index in [1.54, 1.807) is 0 Å². The predicted molar refractivity (Wildman–Crippen MR) is 54.2 cm³/mol. The summed E-state index contributed by atoms with van der Waals surface area (Å²) in [6.07, 6.45) is 4.38. The van der Waals surface area contributed by atoms with E-state index in [0.29, 0.717) is 6.61 Å². The van der Waals surface area contributed by atoms with Crippen LogP contribution in [-0.4, -0.2) is 18.9 Å². The molecule has 0 fully saturated rings. The van der Waals surface area contributed by atoms with Crippen LogP contribution in [0.25, 0.3) is 0 Å². The first kappa shape index (κ1) is 12.2. The van der Waals surface area contributed by atoms with Gasteiger partial charge in [0.2, 0.25) is 7.37 Å². The molecule has 0 aromatic carbocycles. The van der Waals surface area contributed by atoms with Gasteiger partial charge < -0.3 is 4.52 Å². The number of rotatable bonds is 7. The summed E-state index contributed by atoms with van der Waals surface area (Å²) in [7, 11) is -2.24. The summed E-state index contributed by atoms with van der Waals surface area (Å²) in [5.74, 6) is 0. The molecule has 0 aliphatic heterocycles. The van der Waals surface area contributed by atoms with Crippen LogP contribution in [0.4, 0.5) is 0 Å². The number of hydrogen-bond acceptors (Lipinski definition) is 2. The Balaban J connectivity index is 3.90. The molecule has 0 aliphatic carbocycles. The highest BCUT2D eigenvalue weighted by Crippen LogP contribution is 2.47. The lowest BCUT2D eigenvalue weighted by Crippen LogP contribution is -1.99. The second-order valence-electron chi connectivity index (χ2n) is 3.09. The standard InChI is InChI=1S/C9H21O2P/c1-4-7-11-12(10,8-5-2)9-6-3/h4-9H2,1-3H3. The van der Waals surface area contributed by atoms with Crippen molar-refractivity contribution < 1.29 is 9.09 Å². The van der Waals surface area contributed by atoms with Crippen molar-refractivity contribution in [2.75, 3.05) is 18.9 Å². The minimum absolute atomic E-state index is 0.650. The van der Waals surface area contributed by atoms with E-state index in [0.717, 1.165) is 31.6 Å². The highest BCUT2D eigenvalue weighted by Gasteiger charge is 2.19. The van der Waals surface area contributed by atoms with Gasteiger partial charge in [0.1, 0.15) is 0 Å². The summed E-state index contributed by atoms with van der Waals surface area (Å²) in [5, 5.41) is 0. The minimum atomic E-state index is -2.24. The Hall–Kier alpha value is 0.190. The van der Waals surface area contributed by atoms with Crippen LogP contribution >= 0.6 is 7.37 Å². The largest absolute Gasteiger partial charge is 0.328 e. The molecule has 2 nitrogen and oxygen atoms in total. The van der Waals surface area contributed by atoms with Gasteiger partial charge in [0, 0.05) is 12.3 Å². The van der Waals surface area contributed by atoms with Crippen molar-refractivity contribution in [2.24, 2.45) is 0 Å². The normalized spacial score (nSPS) is 11.9. The Morgan fingerprint density at radius 2 is 1.50 bits per heavy atom. The summed E-state index contributed by atoms with van der Waals surface area (Å²) in [5.41, 5.74) is 0. The van der Waals surface area contributed by atoms with E-state index >= 15 is 0 Å². The maximum atomic E-state index is 11.9. The Kier molecular flexibility index (Phi) is 6.78. The van der Waals surface area contributed by atoms with Crippen LogP contribution in [0.5, 0.6) is 0 Å². The molecule has 12 heavy (non-hydrogen) atoms. The summed E-state index contributed by atoms with van der Waals surface area (Å²) in [6, 6.07) is 0. The molecule has 0 saturated heterocycles. The molecule has 0 aromatic rings. The van der Waals surface area contributed by atoms with Gasteiger partial charge in [-0.1, -0.05) is 20.8 Å². The molecule has 0 aliphatic rings. The van der Waals surface area contributed by atoms with Gasteiger partial charge in [-0.3, -0.25) is 4.57 Å². The van der Waals surface area contributed by atoms with Crippen LogP contribution in [-0.2, 0) is 9.09 Å². The van der Waals surface area contributed by atoms with Crippen molar-refractivity contribution in [1.82, 2.24) is 0 Å². The van der Waals surface area contributed by atoms with Gasteiger partial charge in [0.25, 0.3) is 0 Å². The molecule has 0 radical (unpaired) electrons.